The Morgan fingerprint density at radius 2 is 1.02 bits per heavy atom. The summed E-state index contributed by atoms with van der Waals surface area (Å²) in [5.74, 6) is -0.373. The maximum atomic E-state index is 2.69. The summed E-state index contributed by atoms with van der Waals surface area (Å²) in [5.41, 5.74) is 18.2. The molecule has 237 valence electrons. The monoisotopic (exact) mass is 789 g/mol. The Bertz CT molecular complexity index is 1800. The summed E-state index contributed by atoms with van der Waals surface area (Å²) < 4.78 is 1.32. The van der Waals surface area contributed by atoms with Crippen molar-refractivity contribution in [2.45, 2.75) is 93.6 Å². The van der Waals surface area contributed by atoms with Crippen molar-refractivity contribution in [2.75, 3.05) is 0 Å². The van der Waals surface area contributed by atoms with Crippen LogP contribution in [0.25, 0.3) is 34.4 Å². The number of benzene rings is 4. The molecule has 0 heterocycles. The Balaban J connectivity index is 1.44. The van der Waals surface area contributed by atoms with Crippen molar-refractivity contribution in [2.24, 2.45) is 5.92 Å². The molecule has 4 aromatic rings. The maximum absolute atomic E-state index is 2.69. The van der Waals surface area contributed by atoms with Crippen LogP contribution in [0.15, 0.2) is 96.1 Å². The van der Waals surface area contributed by atoms with Crippen LogP contribution in [0.4, 0.5) is 0 Å². The molecular weight excluding hydrogens is 735 g/mol. The molecular formula is C44H53HfSi. The van der Waals surface area contributed by atoms with Crippen molar-refractivity contribution in [3.63, 3.8) is 0 Å². The van der Waals surface area contributed by atoms with Crippen molar-refractivity contribution in [1.82, 2.24) is 0 Å². The van der Waals surface area contributed by atoms with Gasteiger partial charge in [-0.05, 0) is 0 Å². The van der Waals surface area contributed by atoms with Gasteiger partial charge in [0.2, 0.25) is 0 Å². The van der Waals surface area contributed by atoms with Gasteiger partial charge in [0, 0.05) is 0 Å². The Morgan fingerprint density at radius 1 is 0.587 bits per heavy atom. The number of fused-ring (bicyclic) bond motifs is 2. The summed E-state index contributed by atoms with van der Waals surface area (Å²) in [7, 11) is 0. The van der Waals surface area contributed by atoms with Crippen LogP contribution in [0.2, 0.25) is 13.1 Å². The zero-order chi connectivity index (χ0) is 33.1. The van der Waals surface area contributed by atoms with Gasteiger partial charge in [-0.3, -0.25) is 0 Å². The molecule has 0 aliphatic heterocycles. The van der Waals surface area contributed by atoms with Gasteiger partial charge in [0.05, 0.1) is 0 Å². The van der Waals surface area contributed by atoms with Crippen LogP contribution in [0.1, 0.15) is 103 Å². The van der Waals surface area contributed by atoms with Crippen molar-refractivity contribution < 1.29 is 20.6 Å². The van der Waals surface area contributed by atoms with Gasteiger partial charge in [0.15, 0.2) is 0 Å². The first-order valence-electron chi connectivity index (χ1n) is 17.4. The predicted octanol–water partition coefficient (Wildman–Crippen LogP) is 12.5. The fourth-order valence-corrected chi connectivity index (χ4v) is 41.0. The zero-order valence-corrected chi connectivity index (χ0v) is 34.8. The Labute approximate surface area is 288 Å². The van der Waals surface area contributed by atoms with E-state index in [0.717, 1.165) is 0 Å². The van der Waals surface area contributed by atoms with Gasteiger partial charge in [-0.25, -0.2) is 0 Å². The summed E-state index contributed by atoms with van der Waals surface area (Å²) in [5, 5.41) is 0. The first-order valence-corrected chi connectivity index (χ1v) is 30.7. The van der Waals surface area contributed by atoms with Crippen LogP contribution in [0.5, 0.6) is 0 Å². The summed E-state index contributed by atoms with van der Waals surface area (Å²) in [6.07, 6.45) is 5.22. The SMILES string of the molecule is CC1=Cc2c(-c3ccc(C(C)(C)C)cc3)cccc2[CH]1[Hf]([CH]1C(C(C)C)=Cc2c(-c3ccc(C(C)(C)C)cc3)cccc21)[SiH](C)C. The van der Waals surface area contributed by atoms with E-state index in [9.17, 15) is 0 Å². The number of allylic oxidation sites excluding steroid dienone is 2. The molecule has 0 bridgehead atoms. The molecule has 0 amide bonds. The molecule has 2 aliphatic carbocycles. The Morgan fingerprint density at radius 3 is 1.43 bits per heavy atom. The quantitative estimate of drug-likeness (QED) is 0.171. The van der Waals surface area contributed by atoms with Crippen molar-refractivity contribution in [3.05, 3.63) is 129 Å². The standard InChI is InChI=1S/C22H25.C20H21.C2H7Si.Hf/c1-15(2)18-13-17-7-6-8-20(21(17)14-18)16-9-11-19(12-10-16)22(3,4)5;1-14-12-16-6-5-7-18(19(16)13-14)15-8-10-17(11-9-15)20(2,3)4;1-3-2;/h6-15H,1-5H3;5-13H,1-4H3;3H,1-2H3;. The minimum absolute atomic E-state index is 0.162. The molecule has 0 aromatic heterocycles. The average Bonchev–Trinajstić information content (AvgIpc) is 3.54. The fraction of sp³-hybridized carbons (Fsp3) is 0.364. The van der Waals surface area contributed by atoms with Crippen molar-refractivity contribution >= 4 is 18.1 Å². The second kappa shape index (κ2) is 12.5. The van der Waals surface area contributed by atoms with Crippen LogP contribution in [-0.4, -0.2) is 5.98 Å². The Kier molecular flexibility index (Phi) is 9.05. The fourth-order valence-electron chi connectivity index (χ4n) is 7.93. The van der Waals surface area contributed by atoms with Crippen molar-refractivity contribution in [3.8, 4) is 22.3 Å². The first kappa shape index (κ1) is 33.4. The molecule has 0 spiro atoms. The number of hydrogen-bond donors (Lipinski definition) is 0. The molecule has 0 nitrogen and oxygen atoms in total. The molecule has 0 saturated heterocycles. The van der Waals surface area contributed by atoms with E-state index < -0.39 is 26.6 Å². The van der Waals surface area contributed by atoms with E-state index in [1.807, 2.05) is 0 Å². The molecule has 2 heteroatoms. The van der Waals surface area contributed by atoms with E-state index in [2.05, 4.69) is 172 Å². The minimum atomic E-state index is -2.39. The second-order valence-electron chi connectivity index (χ2n) is 16.5. The predicted molar refractivity (Wildman–Crippen MR) is 202 cm³/mol. The topological polar surface area (TPSA) is 0 Å². The van der Waals surface area contributed by atoms with Gasteiger partial charge in [-0.2, -0.15) is 0 Å². The van der Waals surface area contributed by atoms with E-state index in [1.54, 1.807) is 22.3 Å². The molecule has 2 atom stereocenters. The molecule has 46 heavy (non-hydrogen) atoms. The third kappa shape index (κ3) is 6.10. The van der Waals surface area contributed by atoms with Gasteiger partial charge in [-0.1, -0.05) is 0 Å². The Hall–Kier alpha value is -2.55. The molecule has 4 aromatic carbocycles. The van der Waals surface area contributed by atoms with Crippen LogP contribution < -0.4 is 0 Å². The first-order chi connectivity index (χ1) is 21.7. The van der Waals surface area contributed by atoms with Gasteiger partial charge >= 0.3 is 290 Å². The number of rotatable bonds is 6. The molecule has 2 unspecified atom stereocenters. The van der Waals surface area contributed by atoms with E-state index >= 15 is 0 Å². The third-order valence-electron chi connectivity index (χ3n) is 10.5. The molecule has 0 radical (unpaired) electrons. The van der Waals surface area contributed by atoms with E-state index in [4.69, 9.17) is 0 Å². The van der Waals surface area contributed by atoms with Crippen LogP contribution in [0.3, 0.4) is 0 Å². The van der Waals surface area contributed by atoms with Gasteiger partial charge in [-0.15, -0.1) is 0 Å². The van der Waals surface area contributed by atoms with Crippen LogP contribution in [-0.2, 0) is 31.4 Å². The van der Waals surface area contributed by atoms with Gasteiger partial charge in [0.25, 0.3) is 0 Å². The summed E-state index contributed by atoms with van der Waals surface area (Å²) >= 11 is -2.39. The normalized spacial score (nSPS) is 17.7. The average molecular weight is 788 g/mol. The molecule has 2 aliphatic rings. The zero-order valence-electron chi connectivity index (χ0n) is 30.0. The van der Waals surface area contributed by atoms with E-state index in [0.29, 0.717) is 13.3 Å². The molecule has 0 N–H and O–H groups in total. The molecule has 0 saturated carbocycles. The number of hydrogen-bond acceptors (Lipinski definition) is 0. The summed E-state index contributed by atoms with van der Waals surface area (Å²) in [6, 6.07) is 33.2. The van der Waals surface area contributed by atoms with Crippen LogP contribution in [0, 0.1) is 5.92 Å². The summed E-state index contributed by atoms with van der Waals surface area (Å²) in [6.45, 7) is 26.5. The van der Waals surface area contributed by atoms with Crippen molar-refractivity contribution in [1.29, 1.82) is 0 Å². The van der Waals surface area contributed by atoms with Gasteiger partial charge in [0.1, 0.15) is 0 Å². The molecule has 6 rings (SSSR count). The van der Waals surface area contributed by atoms with E-state index in [-0.39, 0.29) is 10.8 Å². The van der Waals surface area contributed by atoms with Crippen LogP contribution >= 0.6 is 0 Å². The third-order valence-corrected chi connectivity index (χ3v) is 41.5. The second-order valence-corrected chi connectivity index (χ2v) is 44.4. The molecule has 0 fully saturated rings. The van der Waals surface area contributed by atoms with Gasteiger partial charge < -0.3 is 0 Å². The van der Waals surface area contributed by atoms with E-state index in [1.165, 1.54) is 44.5 Å². The summed E-state index contributed by atoms with van der Waals surface area (Å²) in [4.78, 5) is 0.